The van der Waals surface area contributed by atoms with Gasteiger partial charge < -0.3 is 14.6 Å². The average molecular weight is 613 g/mol. The van der Waals surface area contributed by atoms with Crippen LogP contribution in [0.4, 0.5) is 17.1 Å². The Morgan fingerprint density at radius 3 is 1.88 bits per heavy atom. The van der Waals surface area contributed by atoms with E-state index in [1.807, 2.05) is 0 Å². The van der Waals surface area contributed by atoms with Crippen molar-refractivity contribution in [2.24, 2.45) is 0 Å². The first-order valence-electron chi connectivity index (χ1n) is 16.6. The standard InChI is InChI=1S/C45H28N2O/c1-2-12-28-25-29(22-21-27(28)11-1)41-31-13-3-5-15-33(31)42(34-16-6-4-14-32(34)41)30-23-24-40-37(26-30)43-44(48-40)35-17-7-8-18-36(35)45-46-38-19-9-10-20-39(38)47(43)45/h1-26,45-46H. The number of rotatable bonds is 2. The van der Waals surface area contributed by atoms with Gasteiger partial charge in [-0.2, -0.15) is 0 Å². The van der Waals surface area contributed by atoms with Crippen LogP contribution in [-0.4, -0.2) is 0 Å². The van der Waals surface area contributed by atoms with E-state index in [2.05, 4.69) is 168 Å². The fourth-order valence-electron chi connectivity index (χ4n) is 8.32. The minimum Gasteiger partial charge on any atom is -0.454 e. The SMILES string of the molecule is c1ccc2c(c1)NC1c3ccccc3-c3oc4ccc(-c5c6ccccc6c(-c6ccc7ccccc7c6)c6ccccc56)cc4c3N21. The van der Waals surface area contributed by atoms with Crippen molar-refractivity contribution in [3.63, 3.8) is 0 Å². The van der Waals surface area contributed by atoms with Crippen molar-refractivity contribution in [2.45, 2.75) is 6.17 Å². The molecule has 1 atom stereocenters. The summed E-state index contributed by atoms with van der Waals surface area (Å²) in [4.78, 5) is 2.43. The molecule has 0 saturated heterocycles. The van der Waals surface area contributed by atoms with E-state index in [-0.39, 0.29) is 6.17 Å². The highest BCUT2D eigenvalue weighted by Crippen LogP contribution is 2.57. The van der Waals surface area contributed by atoms with E-state index in [1.165, 1.54) is 65.8 Å². The van der Waals surface area contributed by atoms with Crippen molar-refractivity contribution in [1.82, 2.24) is 0 Å². The highest BCUT2D eigenvalue weighted by atomic mass is 16.3. The van der Waals surface area contributed by atoms with E-state index in [0.717, 1.165) is 33.7 Å². The van der Waals surface area contributed by atoms with E-state index < -0.39 is 0 Å². The monoisotopic (exact) mass is 612 g/mol. The van der Waals surface area contributed by atoms with Gasteiger partial charge in [0.15, 0.2) is 5.76 Å². The van der Waals surface area contributed by atoms with Crippen LogP contribution in [0.2, 0.25) is 0 Å². The minimum absolute atomic E-state index is 0.00143. The fraction of sp³-hybridized carbons (Fsp3) is 0.0222. The Hall–Kier alpha value is -6.32. The molecule has 0 spiro atoms. The second-order valence-electron chi connectivity index (χ2n) is 12.9. The van der Waals surface area contributed by atoms with Crippen LogP contribution in [0.5, 0.6) is 0 Å². The van der Waals surface area contributed by atoms with Crippen LogP contribution in [0.3, 0.4) is 0 Å². The van der Waals surface area contributed by atoms with E-state index in [4.69, 9.17) is 4.42 Å². The third-order valence-electron chi connectivity index (χ3n) is 10.4. The van der Waals surface area contributed by atoms with E-state index >= 15 is 0 Å². The van der Waals surface area contributed by atoms with Gasteiger partial charge in [-0.25, -0.2) is 0 Å². The van der Waals surface area contributed by atoms with Crippen molar-refractivity contribution >= 4 is 60.3 Å². The molecule has 3 heteroatoms. The molecule has 3 heterocycles. The Balaban J connectivity index is 1.20. The molecular formula is C45H28N2O. The second-order valence-corrected chi connectivity index (χ2v) is 12.9. The molecule has 9 aromatic rings. The molecule has 0 aliphatic carbocycles. The summed E-state index contributed by atoms with van der Waals surface area (Å²) in [6.07, 6.45) is -0.00143. The van der Waals surface area contributed by atoms with Gasteiger partial charge in [-0.3, -0.25) is 0 Å². The molecule has 48 heavy (non-hydrogen) atoms. The summed E-state index contributed by atoms with van der Waals surface area (Å²) in [5, 5.41) is 12.4. The third-order valence-corrected chi connectivity index (χ3v) is 10.4. The number of benzene rings is 8. The highest BCUT2D eigenvalue weighted by molar-refractivity contribution is 6.22. The molecule has 1 unspecified atom stereocenters. The molecule has 3 nitrogen and oxygen atoms in total. The zero-order chi connectivity index (χ0) is 31.3. The molecule has 0 bridgehead atoms. The summed E-state index contributed by atoms with van der Waals surface area (Å²) in [6.45, 7) is 0. The maximum absolute atomic E-state index is 6.75. The number of para-hydroxylation sites is 2. The van der Waals surface area contributed by atoms with Gasteiger partial charge in [-0.15, -0.1) is 0 Å². The highest BCUT2D eigenvalue weighted by Gasteiger charge is 2.40. The topological polar surface area (TPSA) is 28.4 Å². The Bertz CT molecular complexity index is 2730. The predicted octanol–water partition coefficient (Wildman–Crippen LogP) is 12.5. The number of nitrogens with zero attached hydrogens (tertiary/aromatic N) is 1. The normalized spacial score (nSPS) is 14.6. The molecule has 2 aliphatic rings. The lowest BCUT2D eigenvalue weighted by atomic mass is 9.85. The second kappa shape index (κ2) is 9.60. The Kier molecular flexibility index (Phi) is 5.17. The first-order chi connectivity index (χ1) is 23.8. The molecular weight excluding hydrogens is 585 g/mol. The number of anilines is 3. The molecule has 2 aliphatic heterocycles. The van der Waals surface area contributed by atoms with Gasteiger partial charge in [0, 0.05) is 16.5 Å². The van der Waals surface area contributed by atoms with Gasteiger partial charge in [0.1, 0.15) is 11.7 Å². The van der Waals surface area contributed by atoms with Gasteiger partial charge in [0.05, 0.1) is 17.1 Å². The average Bonchev–Trinajstić information content (AvgIpc) is 3.72. The first-order valence-corrected chi connectivity index (χ1v) is 16.6. The summed E-state index contributed by atoms with van der Waals surface area (Å²) in [5.74, 6) is 0.925. The molecule has 224 valence electrons. The van der Waals surface area contributed by atoms with Gasteiger partial charge in [0.2, 0.25) is 0 Å². The molecule has 1 aromatic heterocycles. The maximum atomic E-state index is 6.75. The number of hydrogen-bond acceptors (Lipinski definition) is 3. The first kappa shape index (κ1) is 25.8. The fourth-order valence-corrected chi connectivity index (χ4v) is 8.32. The van der Waals surface area contributed by atoms with Crippen LogP contribution in [0.15, 0.2) is 162 Å². The van der Waals surface area contributed by atoms with Crippen LogP contribution in [0.25, 0.3) is 76.9 Å². The van der Waals surface area contributed by atoms with E-state index in [0.29, 0.717) is 0 Å². The summed E-state index contributed by atoms with van der Waals surface area (Å²) >= 11 is 0. The van der Waals surface area contributed by atoms with Crippen LogP contribution in [0.1, 0.15) is 11.7 Å². The van der Waals surface area contributed by atoms with Gasteiger partial charge in [-0.05, 0) is 84.9 Å². The lowest BCUT2D eigenvalue weighted by Crippen LogP contribution is -2.27. The van der Waals surface area contributed by atoms with Crippen molar-refractivity contribution < 1.29 is 4.42 Å². The van der Waals surface area contributed by atoms with E-state index in [9.17, 15) is 0 Å². The van der Waals surface area contributed by atoms with Gasteiger partial charge >= 0.3 is 0 Å². The van der Waals surface area contributed by atoms with Crippen molar-refractivity contribution in [1.29, 1.82) is 0 Å². The summed E-state index contributed by atoms with van der Waals surface area (Å²) in [6, 6.07) is 57.2. The molecule has 0 amide bonds. The molecule has 11 rings (SSSR count). The van der Waals surface area contributed by atoms with Crippen molar-refractivity contribution in [2.75, 3.05) is 10.2 Å². The molecule has 0 fully saturated rings. The molecule has 8 aromatic carbocycles. The lowest BCUT2D eigenvalue weighted by Gasteiger charge is -2.32. The number of nitrogens with one attached hydrogen (secondary N) is 1. The number of hydrogen-bond donors (Lipinski definition) is 1. The van der Waals surface area contributed by atoms with Crippen molar-refractivity contribution in [3.05, 3.63) is 163 Å². The number of fused-ring (bicyclic) bond motifs is 13. The Morgan fingerprint density at radius 2 is 1.10 bits per heavy atom. The smallest absolute Gasteiger partial charge is 0.159 e. The van der Waals surface area contributed by atoms with Crippen molar-refractivity contribution in [3.8, 4) is 33.6 Å². The third kappa shape index (κ3) is 3.48. The molecule has 0 saturated carbocycles. The predicted molar refractivity (Wildman–Crippen MR) is 200 cm³/mol. The summed E-state index contributed by atoms with van der Waals surface area (Å²) in [7, 11) is 0. The van der Waals surface area contributed by atoms with Crippen LogP contribution in [-0.2, 0) is 0 Å². The maximum Gasteiger partial charge on any atom is 0.159 e. The van der Waals surface area contributed by atoms with Crippen LogP contribution < -0.4 is 10.2 Å². The van der Waals surface area contributed by atoms with Crippen LogP contribution >= 0.6 is 0 Å². The number of furan rings is 1. The van der Waals surface area contributed by atoms with E-state index in [1.54, 1.807) is 0 Å². The molecule has 1 N–H and O–H groups in total. The van der Waals surface area contributed by atoms with Crippen LogP contribution in [0, 0.1) is 0 Å². The zero-order valence-electron chi connectivity index (χ0n) is 25.9. The summed E-state index contributed by atoms with van der Waals surface area (Å²) in [5.41, 5.74) is 11.6. The van der Waals surface area contributed by atoms with Gasteiger partial charge in [-0.1, -0.05) is 127 Å². The Labute approximate surface area is 277 Å². The Morgan fingerprint density at radius 1 is 0.500 bits per heavy atom. The molecule has 0 radical (unpaired) electrons. The van der Waals surface area contributed by atoms with Gasteiger partial charge in [0.25, 0.3) is 0 Å². The summed E-state index contributed by atoms with van der Waals surface area (Å²) < 4.78 is 6.75. The zero-order valence-corrected chi connectivity index (χ0v) is 25.9. The quantitative estimate of drug-likeness (QED) is 0.197. The largest absolute Gasteiger partial charge is 0.454 e. The lowest BCUT2D eigenvalue weighted by molar-refractivity contribution is 0.622. The minimum atomic E-state index is -0.00143.